The van der Waals surface area contributed by atoms with E-state index in [9.17, 15) is 13.2 Å². The van der Waals surface area contributed by atoms with Crippen LogP contribution < -0.4 is 5.32 Å². The minimum Gasteiger partial charge on any atom is -0.383 e. The van der Waals surface area contributed by atoms with E-state index < -0.39 is 5.92 Å². The van der Waals surface area contributed by atoms with Gasteiger partial charge in [0.1, 0.15) is 5.82 Å². The Hall–Kier alpha value is -3.12. The van der Waals surface area contributed by atoms with Crippen molar-refractivity contribution in [3.63, 3.8) is 0 Å². The Labute approximate surface area is 226 Å². The molecular formula is C32H42F3N3. The van der Waals surface area contributed by atoms with Crippen LogP contribution in [0.3, 0.4) is 0 Å². The molecule has 1 aromatic carbocycles. The summed E-state index contributed by atoms with van der Waals surface area (Å²) >= 11 is 0. The summed E-state index contributed by atoms with van der Waals surface area (Å²) in [5.41, 5.74) is 5.26. The predicted octanol–water partition coefficient (Wildman–Crippen LogP) is 8.13. The number of likely N-dealkylation sites (N-methyl/N-ethyl adjacent to an activating group) is 1. The zero-order valence-electron chi connectivity index (χ0n) is 22.9. The second-order valence-electron chi connectivity index (χ2n) is 10.0. The van der Waals surface area contributed by atoms with Crippen molar-refractivity contribution in [1.29, 1.82) is 0 Å². The molecule has 1 atom stereocenters. The minimum atomic E-state index is -2.58. The Morgan fingerprint density at radius 2 is 1.92 bits per heavy atom. The van der Waals surface area contributed by atoms with Gasteiger partial charge in [0, 0.05) is 55.9 Å². The topological polar surface area (TPSA) is 27.6 Å². The van der Waals surface area contributed by atoms with Gasteiger partial charge < -0.3 is 5.32 Å². The van der Waals surface area contributed by atoms with Crippen LogP contribution in [0.2, 0.25) is 0 Å². The van der Waals surface area contributed by atoms with Crippen LogP contribution in [-0.4, -0.2) is 42.7 Å². The van der Waals surface area contributed by atoms with E-state index in [1.165, 1.54) is 36.7 Å². The van der Waals surface area contributed by atoms with E-state index in [2.05, 4.69) is 55.5 Å². The lowest BCUT2D eigenvalue weighted by Crippen LogP contribution is -2.34. The van der Waals surface area contributed by atoms with Crippen LogP contribution >= 0.6 is 0 Å². The second-order valence-corrected chi connectivity index (χ2v) is 10.0. The van der Waals surface area contributed by atoms with Crippen molar-refractivity contribution in [2.45, 2.75) is 63.3 Å². The van der Waals surface area contributed by atoms with E-state index >= 15 is 0 Å². The normalized spacial score (nSPS) is 20.4. The number of halogens is 3. The van der Waals surface area contributed by atoms with Gasteiger partial charge in [-0.3, -0.25) is 9.89 Å². The standard InChI is InChI=1S/C14H22N2.C10H9F3.C8H11N/c1-5-8-13(6-2)11-15-12(3)14-9-7-10-16(14)4;11-9-4-2-1-3-8(9)7-5-10(12,13)6-7;1-3-4-8-5-7(2)6-9-8/h5-6,8,14-15H,1-3,7,9-11H2,4H3;1-4,7H,5-6H2;3,6H,1,4-5H2,2H3/b13-8+;;. The average molecular weight is 526 g/mol. The Balaban J connectivity index is 0.000000208. The van der Waals surface area contributed by atoms with Crippen LogP contribution in [0.4, 0.5) is 13.2 Å². The maximum Gasteiger partial charge on any atom is 0.249 e. The van der Waals surface area contributed by atoms with Crippen LogP contribution in [0.15, 0.2) is 103 Å². The summed E-state index contributed by atoms with van der Waals surface area (Å²) in [4.78, 5) is 6.54. The first-order valence-corrected chi connectivity index (χ1v) is 13.1. The van der Waals surface area contributed by atoms with Gasteiger partial charge in [0.25, 0.3) is 0 Å². The summed E-state index contributed by atoms with van der Waals surface area (Å²) in [6.45, 7) is 19.3. The molecular weight excluding hydrogens is 483 g/mol. The molecule has 206 valence electrons. The Morgan fingerprint density at radius 1 is 1.21 bits per heavy atom. The summed E-state index contributed by atoms with van der Waals surface area (Å²) in [5, 5.41) is 3.37. The van der Waals surface area contributed by atoms with Gasteiger partial charge >= 0.3 is 0 Å². The molecule has 4 rings (SSSR count). The molecule has 1 saturated heterocycles. The number of allylic oxidation sites excluding steroid dienone is 4. The zero-order valence-corrected chi connectivity index (χ0v) is 22.9. The molecule has 1 saturated carbocycles. The van der Waals surface area contributed by atoms with Crippen molar-refractivity contribution in [1.82, 2.24) is 10.2 Å². The second kappa shape index (κ2) is 15.3. The van der Waals surface area contributed by atoms with E-state index in [-0.39, 0.29) is 24.6 Å². The van der Waals surface area contributed by atoms with Crippen LogP contribution in [0.25, 0.3) is 0 Å². The van der Waals surface area contributed by atoms with Gasteiger partial charge in [-0.1, -0.05) is 62.2 Å². The molecule has 1 aliphatic carbocycles. The fraction of sp³-hybridized carbons (Fsp3) is 0.406. The number of nitrogens with one attached hydrogen (secondary N) is 1. The third kappa shape index (κ3) is 9.97. The monoisotopic (exact) mass is 525 g/mol. The highest BCUT2D eigenvalue weighted by molar-refractivity contribution is 5.90. The SMILES string of the molecule is C=C/C=C(\C=C)CNC(=C)C1CCCN1C.C=CCC1=NC=C(C)C1.Fc1ccccc1C1CC(F)(F)C1. The lowest BCUT2D eigenvalue weighted by atomic mass is 9.76. The molecule has 0 amide bonds. The summed E-state index contributed by atoms with van der Waals surface area (Å²) in [6, 6.07) is 6.61. The maximum atomic E-state index is 13.1. The number of alkyl halides is 2. The van der Waals surface area contributed by atoms with E-state index in [0.29, 0.717) is 11.6 Å². The quantitative estimate of drug-likeness (QED) is 0.260. The van der Waals surface area contributed by atoms with Crippen molar-refractivity contribution in [3.05, 3.63) is 109 Å². The molecule has 2 fully saturated rings. The van der Waals surface area contributed by atoms with Crippen molar-refractivity contribution in [3.8, 4) is 0 Å². The molecule has 1 aromatic rings. The fourth-order valence-corrected chi connectivity index (χ4v) is 4.63. The molecule has 2 heterocycles. The smallest absolute Gasteiger partial charge is 0.249 e. The Kier molecular flexibility index (Phi) is 12.5. The lowest BCUT2D eigenvalue weighted by molar-refractivity contribution is -0.0873. The minimum absolute atomic E-state index is 0.214. The van der Waals surface area contributed by atoms with Crippen molar-refractivity contribution < 1.29 is 13.2 Å². The third-order valence-electron chi connectivity index (χ3n) is 6.80. The first-order chi connectivity index (χ1) is 18.1. The lowest BCUT2D eigenvalue weighted by Gasteiger charge is -2.35. The maximum absolute atomic E-state index is 13.1. The first-order valence-electron chi connectivity index (χ1n) is 13.1. The van der Waals surface area contributed by atoms with Crippen LogP contribution in [0, 0.1) is 5.82 Å². The summed E-state index contributed by atoms with van der Waals surface area (Å²) in [7, 11) is 2.15. The highest BCUT2D eigenvalue weighted by atomic mass is 19.3. The number of aliphatic imine (C=N–C) groups is 1. The van der Waals surface area contributed by atoms with Gasteiger partial charge in [0.15, 0.2) is 0 Å². The van der Waals surface area contributed by atoms with Gasteiger partial charge in [-0.2, -0.15) is 0 Å². The van der Waals surface area contributed by atoms with Gasteiger partial charge in [-0.15, -0.1) is 6.58 Å². The number of benzene rings is 1. The molecule has 0 spiro atoms. The summed E-state index contributed by atoms with van der Waals surface area (Å²) in [5.74, 6) is -3.24. The molecule has 3 aliphatic rings. The fourth-order valence-electron chi connectivity index (χ4n) is 4.63. The van der Waals surface area contributed by atoms with Crippen LogP contribution in [-0.2, 0) is 0 Å². The van der Waals surface area contributed by atoms with Gasteiger partial charge in [-0.25, -0.2) is 13.2 Å². The molecule has 38 heavy (non-hydrogen) atoms. The first kappa shape index (κ1) is 31.1. The summed E-state index contributed by atoms with van der Waals surface area (Å²) in [6.07, 6.45) is 13.4. The van der Waals surface area contributed by atoms with Crippen molar-refractivity contribution >= 4 is 5.71 Å². The number of likely N-dealkylation sites (tertiary alicyclic amines) is 1. The molecule has 6 heteroatoms. The van der Waals surface area contributed by atoms with Gasteiger partial charge in [-0.05, 0) is 62.1 Å². The molecule has 1 N–H and O–H groups in total. The molecule has 2 aliphatic heterocycles. The highest BCUT2D eigenvalue weighted by Gasteiger charge is 2.46. The molecule has 3 nitrogen and oxygen atoms in total. The van der Waals surface area contributed by atoms with Gasteiger partial charge in [0.05, 0.1) is 0 Å². The van der Waals surface area contributed by atoms with E-state index in [0.717, 1.165) is 30.7 Å². The zero-order chi connectivity index (χ0) is 28.1. The van der Waals surface area contributed by atoms with Crippen molar-refractivity contribution in [2.24, 2.45) is 4.99 Å². The van der Waals surface area contributed by atoms with Gasteiger partial charge in [0.2, 0.25) is 5.92 Å². The molecule has 0 radical (unpaired) electrons. The number of nitrogens with zero attached hydrogens (tertiary/aromatic N) is 2. The summed E-state index contributed by atoms with van der Waals surface area (Å²) < 4.78 is 38.0. The Bertz CT molecular complexity index is 1060. The van der Waals surface area contributed by atoms with E-state index in [1.807, 2.05) is 24.4 Å². The molecule has 0 bridgehead atoms. The Morgan fingerprint density at radius 3 is 2.42 bits per heavy atom. The number of rotatable bonds is 9. The number of hydrogen-bond donors (Lipinski definition) is 1. The number of hydrogen-bond acceptors (Lipinski definition) is 3. The van der Waals surface area contributed by atoms with Crippen LogP contribution in [0.1, 0.15) is 56.9 Å². The molecule has 1 unspecified atom stereocenters. The van der Waals surface area contributed by atoms with E-state index in [1.54, 1.807) is 24.3 Å². The predicted molar refractivity (Wildman–Crippen MR) is 155 cm³/mol. The largest absolute Gasteiger partial charge is 0.383 e. The molecule has 0 aromatic heterocycles. The van der Waals surface area contributed by atoms with E-state index in [4.69, 9.17) is 0 Å². The highest BCUT2D eigenvalue weighted by Crippen LogP contribution is 2.48. The van der Waals surface area contributed by atoms with Crippen LogP contribution in [0.5, 0.6) is 0 Å². The van der Waals surface area contributed by atoms with Crippen molar-refractivity contribution in [2.75, 3.05) is 20.1 Å². The third-order valence-corrected chi connectivity index (χ3v) is 6.80. The average Bonchev–Trinajstić information content (AvgIpc) is 3.49.